The van der Waals surface area contributed by atoms with Gasteiger partial charge in [0.15, 0.2) is 0 Å². The molecule has 21 aromatic rings. The van der Waals surface area contributed by atoms with E-state index >= 15 is 0 Å². The molecule has 8 heterocycles. The fourth-order valence-corrected chi connectivity index (χ4v) is 16.7. The smallest absolute Gasteiger partial charge is 0.105 e. The van der Waals surface area contributed by atoms with Crippen molar-refractivity contribution in [3.63, 3.8) is 0 Å². The highest BCUT2D eigenvalue weighted by atomic mass is 15.2. The van der Waals surface area contributed by atoms with Crippen LogP contribution in [0.5, 0.6) is 0 Å². The summed E-state index contributed by atoms with van der Waals surface area (Å²) < 4.78 is 12.4. The van der Waals surface area contributed by atoms with Crippen LogP contribution in [0.2, 0.25) is 0 Å². The van der Waals surface area contributed by atoms with E-state index in [1.54, 1.807) is 0 Å². The average Bonchev–Trinajstić information content (AvgIpc) is 1.52. The molecule has 0 N–H and O–H groups in total. The first-order valence-corrected chi connectivity index (χ1v) is 34.8. The number of hydrogen-bond donors (Lipinski definition) is 0. The van der Waals surface area contributed by atoms with Crippen LogP contribution in [0.25, 0.3) is 193 Å². The summed E-state index contributed by atoms with van der Waals surface area (Å²) in [6.07, 6.45) is 11.2. The molecule has 0 atom stereocenters. The molecule has 13 aromatic carbocycles. The van der Waals surface area contributed by atoms with Crippen LogP contribution < -0.4 is 0 Å². The number of para-hydroxylation sites is 5. The highest BCUT2D eigenvalue weighted by Gasteiger charge is 2.37. The second-order valence-corrected chi connectivity index (χ2v) is 26.6. The zero-order valence-corrected chi connectivity index (χ0v) is 55.4. The fraction of sp³-hybridized carbons (Fsp3) is 0. The molecule has 9 heteroatoms. The molecule has 9 nitrogen and oxygen atoms in total. The van der Waals surface area contributed by atoms with Crippen molar-refractivity contribution in [1.29, 1.82) is 5.26 Å². The van der Waals surface area contributed by atoms with E-state index in [2.05, 4.69) is 353 Å². The number of nitrogens with zero attached hydrogens (tertiary/aromatic N) is 9. The van der Waals surface area contributed by atoms with Crippen molar-refractivity contribution >= 4 is 109 Å². The largest absolute Gasteiger partial charge is 0.306 e. The van der Waals surface area contributed by atoms with E-state index in [-0.39, 0.29) is 0 Å². The van der Waals surface area contributed by atoms with Gasteiger partial charge in [0.25, 0.3) is 0 Å². The molecule has 103 heavy (non-hydrogen) atoms. The lowest BCUT2D eigenvalue weighted by molar-refractivity contribution is 0.992. The van der Waals surface area contributed by atoms with Gasteiger partial charge < -0.3 is 22.8 Å². The predicted octanol–water partition coefficient (Wildman–Crippen LogP) is 23.6. The summed E-state index contributed by atoms with van der Waals surface area (Å²) in [5, 5.41) is 24.3. The van der Waals surface area contributed by atoms with E-state index in [1.165, 1.54) is 0 Å². The highest BCUT2D eigenvalue weighted by molar-refractivity contribution is 6.19. The van der Waals surface area contributed by atoms with Gasteiger partial charge in [-0.2, -0.15) is 5.26 Å². The molecule has 0 unspecified atom stereocenters. The van der Waals surface area contributed by atoms with E-state index in [0.29, 0.717) is 16.9 Å². The minimum Gasteiger partial charge on any atom is -0.306 e. The molecule has 0 saturated carbocycles. The van der Waals surface area contributed by atoms with Crippen LogP contribution in [0.15, 0.2) is 347 Å². The Kier molecular flexibility index (Phi) is 12.9. The van der Waals surface area contributed by atoms with Gasteiger partial charge in [-0.05, 0) is 183 Å². The summed E-state index contributed by atoms with van der Waals surface area (Å²) in [7, 11) is 0. The number of aromatic nitrogens is 8. The summed E-state index contributed by atoms with van der Waals surface area (Å²) in [6, 6.07) is 116. The van der Waals surface area contributed by atoms with Crippen molar-refractivity contribution < 1.29 is 0 Å². The van der Waals surface area contributed by atoms with Gasteiger partial charge in [0.05, 0.1) is 83.6 Å². The lowest BCUT2D eigenvalue weighted by Crippen LogP contribution is -2.18. The van der Waals surface area contributed by atoms with Gasteiger partial charge in [-0.1, -0.05) is 182 Å². The normalized spacial score (nSPS) is 11.9. The summed E-state index contributed by atoms with van der Waals surface area (Å²) in [5.41, 5.74) is 24.8. The Hall–Kier alpha value is -14.2. The van der Waals surface area contributed by atoms with Gasteiger partial charge in [0.1, 0.15) is 11.6 Å². The maximum absolute atomic E-state index is 13.7. The van der Waals surface area contributed by atoms with Crippen molar-refractivity contribution in [2.75, 3.05) is 0 Å². The molecule has 0 radical (unpaired) electrons. The van der Waals surface area contributed by atoms with Crippen molar-refractivity contribution in [3.8, 4) is 90.1 Å². The molecular weight excluding hydrogens is 1260 g/mol. The van der Waals surface area contributed by atoms with Gasteiger partial charge in [0.2, 0.25) is 0 Å². The minimum absolute atomic E-state index is 0.467. The molecule has 8 aromatic heterocycles. The fourth-order valence-electron chi connectivity index (χ4n) is 16.7. The summed E-state index contributed by atoms with van der Waals surface area (Å²) in [4.78, 5) is 13.3. The Bertz CT molecular complexity index is 6750. The van der Waals surface area contributed by atoms with Crippen molar-refractivity contribution in [2.24, 2.45) is 0 Å². The Morgan fingerprint density at radius 1 is 0.184 bits per heavy atom. The molecule has 0 aliphatic carbocycles. The summed E-state index contributed by atoms with van der Waals surface area (Å²) in [5.74, 6) is 0. The molecular formula is C94H57N9. The molecule has 0 bridgehead atoms. The van der Waals surface area contributed by atoms with E-state index in [4.69, 9.17) is 0 Å². The summed E-state index contributed by atoms with van der Waals surface area (Å²) >= 11 is 0. The van der Waals surface area contributed by atoms with Gasteiger partial charge in [-0.25, -0.2) is 0 Å². The zero-order chi connectivity index (χ0) is 67.8. The second-order valence-electron chi connectivity index (χ2n) is 26.6. The maximum atomic E-state index is 13.7. The number of pyridine rings is 3. The van der Waals surface area contributed by atoms with E-state index in [1.807, 2.05) is 37.2 Å². The molecule has 0 aliphatic heterocycles. The first-order valence-electron chi connectivity index (χ1n) is 34.8. The van der Waals surface area contributed by atoms with Crippen LogP contribution in [0.3, 0.4) is 0 Å². The molecule has 0 aliphatic rings. The topological polar surface area (TPSA) is 87.1 Å². The van der Waals surface area contributed by atoms with Crippen molar-refractivity contribution in [3.05, 3.63) is 352 Å². The monoisotopic (exact) mass is 1310 g/mol. The number of hydrogen-bond acceptors (Lipinski definition) is 4. The Morgan fingerprint density at radius 2 is 0.388 bits per heavy atom. The summed E-state index contributed by atoms with van der Waals surface area (Å²) in [6.45, 7) is 0. The standard InChI is InChI=1S/C94H57N9/c95-58-79-90(99-80-26-12-7-21-69(80)74-55-66(33-36-85(74)99)61-41-47-96-48-42-61)92(101-82-28-14-9-23-71(82)76-53-64(31-38-87(76)101)59-17-3-1-4-18-59)94(103-84-30-16-11-25-73(84)78-57-68(35-40-89(78)103)63-45-51-98-52-46-63)93(102-83-29-15-10-24-72(83)77-54-65(32-39-88(77)102)60-19-5-2-6-20-60)91(79)100-81-27-13-8-22-70(81)75-56-67(34-37-86(75)100)62-43-49-97-50-44-62/h1-57H. The quantitative estimate of drug-likeness (QED) is 0.136. The SMILES string of the molecule is N#Cc1c(-n2c3ccccc3c3cc(-c4ccncc4)ccc32)c(-n2c3ccccc3c3cc(-c4ccccc4)ccc32)c(-n2c3ccccc3c3cc(-c4ccncc4)ccc32)c(-n2c3ccccc3c3cc(-c4ccccc4)ccc32)c1-n1c2ccccc2c2cc(-c3ccncc3)ccc21. The second kappa shape index (κ2) is 22.9. The van der Waals surface area contributed by atoms with Crippen LogP contribution in [-0.2, 0) is 0 Å². The first-order chi connectivity index (χ1) is 51.1. The lowest BCUT2D eigenvalue weighted by atomic mass is 10.00. The van der Waals surface area contributed by atoms with E-state index in [0.717, 1.165) is 182 Å². The maximum Gasteiger partial charge on any atom is 0.105 e. The van der Waals surface area contributed by atoms with Crippen molar-refractivity contribution in [1.82, 2.24) is 37.8 Å². The molecule has 0 fully saturated rings. The molecule has 478 valence electrons. The van der Waals surface area contributed by atoms with Crippen LogP contribution in [0.1, 0.15) is 5.56 Å². The zero-order valence-electron chi connectivity index (χ0n) is 55.4. The van der Waals surface area contributed by atoms with Gasteiger partial charge in [-0.15, -0.1) is 0 Å². The van der Waals surface area contributed by atoms with Crippen LogP contribution in [-0.4, -0.2) is 37.8 Å². The first kappa shape index (κ1) is 57.8. The molecule has 0 amide bonds. The van der Waals surface area contributed by atoms with E-state index in [9.17, 15) is 5.26 Å². The predicted molar refractivity (Wildman–Crippen MR) is 423 cm³/mol. The molecule has 0 saturated heterocycles. The van der Waals surface area contributed by atoms with Gasteiger partial charge in [-0.3, -0.25) is 15.0 Å². The number of nitriles is 1. The average molecular weight is 1310 g/mol. The van der Waals surface area contributed by atoms with Crippen molar-refractivity contribution in [2.45, 2.75) is 0 Å². The van der Waals surface area contributed by atoms with Gasteiger partial charge >= 0.3 is 0 Å². The van der Waals surface area contributed by atoms with Crippen LogP contribution >= 0.6 is 0 Å². The van der Waals surface area contributed by atoms with E-state index < -0.39 is 0 Å². The van der Waals surface area contributed by atoms with Crippen LogP contribution in [0, 0.1) is 11.3 Å². The lowest BCUT2D eigenvalue weighted by Gasteiger charge is -2.30. The van der Waals surface area contributed by atoms with Crippen LogP contribution in [0.4, 0.5) is 0 Å². The Labute approximate surface area is 590 Å². The minimum atomic E-state index is 0.467. The molecule has 21 rings (SSSR count). The number of fused-ring (bicyclic) bond motifs is 15. The third-order valence-electron chi connectivity index (χ3n) is 21.2. The Morgan fingerprint density at radius 3 is 0.641 bits per heavy atom. The third-order valence-corrected chi connectivity index (χ3v) is 21.2. The number of benzene rings is 13. The molecule has 0 spiro atoms. The van der Waals surface area contributed by atoms with Gasteiger partial charge in [0, 0.05) is 91.0 Å². The third kappa shape index (κ3) is 8.75. The number of rotatable bonds is 10. The Balaban J connectivity index is 1.06. The highest BCUT2D eigenvalue weighted by Crippen LogP contribution is 2.53.